The molecule has 1 aromatic carbocycles. The van der Waals surface area contributed by atoms with Gasteiger partial charge in [-0.1, -0.05) is 52.5 Å². The van der Waals surface area contributed by atoms with Gasteiger partial charge in [0.1, 0.15) is 0 Å². The Balaban J connectivity index is 1.93. The van der Waals surface area contributed by atoms with Crippen LogP contribution in [0, 0.1) is 0 Å². The number of hydrogen-bond donors (Lipinski definition) is 1. The molecule has 0 amide bonds. The van der Waals surface area contributed by atoms with Crippen LogP contribution in [-0.2, 0) is 13.1 Å². The highest BCUT2D eigenvalue weighted by atomic mass is 14.9. The van der Waals surface area contributed by atoms with Gasteiger partial charge in [0.05, 0.1) is 0 Å². The highest BCUT2D eigenvalue weighted by molar-refractivity contribution is 5.80. The van der Waals surface area contributed by atoms with E-state index in [1.807, 2.05) is 0 Å². The fourth-order valence-corrected chi connectivity index (χ4v) is 2.76. The maximum absolute atomic E-state index is 3.48. The SMILES string of the molecule is CCCCCCCn1ccc2cc(CNC(C)C)ccc21. The van der Waals surface area contributed by atoms with Crippen molar-refractivity contribution in [3.63, 3.8) is 0 Å². The Kier molecular flexibility index (Phi) is 6.31. The summed E-state index contributed by atoms with van der Waals surface area (Å²) in [6.45, 7) is 8.75. The molecular weight excluding hydrogens is 256 g/mol. The van der Waals surface area contributed by atoms with Crippen molar-refractivity contribution in [1.29, 1.82) is 0 Å². The zero-order chi connectivity index (χ0) is 15.1. The van der Waals surface area contributed by atoms with Gasteiger partial charge >= 0.3 is 0 Å². The standard InChI is InChI=1S/C19H30N2/c1-4-5-6-7-8-12-21-13-11-18-14-17(9-10-19(18)21)15-20-16(2)3/h9-11,13-14,16,20H,4-8,12,15H2,1-3H3. The van der Waals surface area contributed by atoms with Gasteiger partial charge < -0.3 is 9.88 Å². The molecule has 0 saturated heterocycles. The van der Waals surface area contributed by atoms with Crippen LogP contribution in [0.3, 0.4) is 0 Å². The summed E-state index contributed by atoms with van der Waals surface area (Å²) in [7, 11) is 0. The van der Waals surface area contributed by atoms with Gasteiger partial charge in [-0.25, -0.2) is 0 Å². The van der Waals surface area contributed by atoms with Gasteiger partial charge in [0.2, 0.25) is 0 Å². The topological polar surface area (TPSA) is 17.0 Å². The highest BCUT2D eigenvalue weighted by Crippen LogP contribution is 2.19. The number of nitrogens with zero attached hydrogens (tertiary/aromatic N) is 1. The van der Waals surface area contributed by atoms with Gasteiger partial charge in [-0.3, -0.25) is 0 Å². The van der Waals surface area contributed by atoms with Crippen molar-refractivity contribution in [1.82, 2.24) is 9.88 Å². The van der Waals surface area contributed by atoms with Gasteiger partial charge in [0, 0.05) is 30.8 Å². The first-order valence-electron chi connectivity index (χ1n) is 8.52. The Morgan fingerprint density at radius 2 is 1.86 bits per heavy atom. The van der Waals surface area contributed by atoms with Crippen molar-refractivity contribution in [2.24, 2.45) is 0 Å². The van der Waals surface area contributed by atoms with Gasteiger partial charge in [0.15, 0.2) is 0 Å². The lowest BCUT2D eigenvalue weighted by Crippen LogP contribution is -2.21. The highest BCUT2D eigenvalue weighted by Gasteiger charge is 2.03. The van der Waals surface area contributed by atoms with Crippen LogP contribution in [0.5, 0.6) is 0 Å². The van der Waals surface area contributed by atoms with E-state index in [4.69, 9.17) is 0 Å². The third-order valence-electron chi connectivity index (χ3n) is 4.05. The van der Waals surface area contributed by atoms with Gasteiger partial charge in [-0.05, 0) is 35.6 Å². The molecule has 0 aliphatic heterocycles. The van der Waals surface area contributed by atoms with Crippen LogP contribution < -0.4 is 5.32 Å². The summed E-state index contributed by atoms with van der Waals surface area (Å²) in [5.74, 6) is 0. The Labute approximate surface area is 129 Å². The second-order valence-electron chi connectivity index (χ2n) is 6.35. The van der Waals surface area contributed by atoms with Crippen LogP contribution in [0.15, 0.2) is 30.5 Å². The number of hydrogen-bond acceptors (Lipinski definition) is 1. The molecule has 0 unspecified atom stereocenters. The molecule has 0 aliphatic carbocycles. The van der Waals surface area contributed by atoms with E-state index in [2.05, 4.69) is 61.1 Å². The van der Waals surface area contributed by atoms with Crippen molar-refractivity contribution in [2.45, 2.75) is 72.0 Å². The fraction of sp³-hybridized carbons (Fsp3) is 0.579. The number of aromatic nitrogens is 1. The molecule has 1 heterocycles. The first-order chi connectivity index (χ1) is 10.2. The minimum Gasteiger partial charge on any atom is -0.347 e. The summed E-state index contributed by atoms with van der Waals surface area (Å²) in [4.78, 5) is 0. The van der Waals surface area contributed by atoms with Crippen LogP contribution in [0.2, 0.25) is 0 Å². The second kappa shape index (κ2) is 8.23. The fourth-order valence-electron chi connectivity index (χ4n) is 2.76. The number of benzene rings is 1. The van der Waals surface area contributed by atoms with Crippen LogP contribution in [-0.4, -0.2) is 10.6 Å². The van der Waals surface area contributed by atoms with E-state index in [1.54, 1.807) is 0 Å². The molecule has 0 bridgehead atoms. The lowest BCUT2D eigenvalue weighted by atomic mass is 10.1. The average molecular weight is 286 g/mol. The van der Waals surface area contributed by atoms with Crippen molar-refractivity contribution in [3.05, 3.63) is 36.0 Å². The molecule has 0 radical (unpaired) electrons. The van der Waals surface area contributed by atoms with E-state index in [-0.39, 0.29) is 0 Å². The molecule has 1 N–H and O–H groups in total. The molecule has 1 aromatic heterocycles. The average Bonchev–Trinajstić information content (AvgIpc) is 2.87. The van der Waals surface area contributed by atoms with Crippen LogP contribution in [0.4, 0.5) is 0 Å². The summed E-state index contributed by atoms with van der Waals surface area (Å²) >= 11 is 0. The zero-order valence-electron chi connectivity index (χ0n) is 13.9. The number of nitrogens with one attached hydrogen (secondary N) is 1. The largest absolute Gasteiger partial charge is 0.347 e. The van der Waals surface area contributed by atoms with E-state index >= 15 is 0 Å². The molecule has 21 heavy (non-hydrogen) atoms. The molecule has 0 fully saturated rings. The van der Waals surface area contributed by atoms with Gasteiger partial charge in [-0.15, -0.1) is 0 Å². The van der Waals surface area contributed by atoms with E-state index in [0.29, 0.717) is 6.04 Å². The number of aryl methyl sites for hydroxylation is 1. The van der Waals surface area contributed by atoms with Crippen molar-refractivity contribution in [2.75, 3.05) is 0 Å². The molecule has 2 rings (SSSR count). The summed E-state index contributed by atoms with van der Waals surface area (Å²) < 4.78 is 2.40. The molecular formula is C19H30N2. The molecule has 2 aromatic rings. The van der Waals surface area contributed by atoms with Crippen molar-refractivity contribution >= 4 is 10.9 Å². The minimum atomic E-state index is 0.536. The van der Waals surface area contributed by atoms with E-state index in [1.165, 1.54) is 48.6 Å². The lowest BCUT2D eigenvalue weighted by Gasteiger charge is -2.09. The van der Waals surface area contributed by atoms with Gasteiger partial charge in [0.25, 0.3) is 0 Å². The second-order valence-corrected chi connectivity index (χ2v) is 6.35. The minimum absolute atomic E-state index is 0.536. The summed E-state index contributed by atoms with van der Waals surface area (Å²) in [6.07, 6.45) is 8.95. The Morgan fingerprint density at radius 1 is 1.05 bits per heavy atom. The molecule has 0 saturated carbocycles. The molecule has 0 aliphatic rings. The first-order valence-corrected chi connectivity index (χ1v) is 8.52. The lowest BCUT2D eigenvalue weighted by molar-refractivity contribution is 0.577. The molecule has 2 heteroatoms. The molecule has 116 valence electrons. The predicted octanol–water partition coefficient (Wildman–Crippen LogP) is 5.11. The molecule has 2 nitrogen and oxygen atoms in total. The quantitative estimate of drug-likeness (QED) is 0.634. The summed E-state index contributed by atoms with van der Waals surface area (Å²) in [5, 5.41) is 4.85. The third-order valence-corrected chi connectivity index (χ3v) is 4.05. The third kappa shape index (κ3) is 4.89. The normalized spacial score (nSPS) is 11.6. The Morgan fingerprint density at radius 3 is 2.62 bits per heavy atom. The monoisotopic (exact) mass is 286 g/mol. The van der Waals surface area contributed by atoms with Gasteiger partial charge in [-0.2, -0.15) is 0 Å². The zero-order valence-corrected chi connectivity index (χ0v) is 13.9. The van der Waals surface area contributed by atoms with Crippen molar-refractivity contribution in [3.8, 4) is 0 Å². The van der Waals surface area contributed by atoms with E-state index in [9.17, 15) is 0 Å². The number of unbranched alkanes of at least 4 members (excludes halogenated alkanes) is 4. The predicted molar refractivity (Wildman–Crippen MR) is 92.7 cm³/mol. The number of rotatable bonds is 9. The Bertz CT molecular complexity index is 539. The number of fused-ring (bicyclic) bond motifs is 1. The van der Waals surface area contributed by atoms with E-state index < -0.39 is 0 Å². The molecule has 0 spiro atoms. The van der Waals surface area contributed by atoms with Crippen LogP contribution >= 0.6 is 0 Å². The maximum atomic E-state index is 3.48. The molecule has 0 atom stereocenters. The van der Waals surface area contributed by atoms with E-state index in [0.717, 1.165) is 13.1 Å². The maximum Gasteiger partial charge on any atom is 0.0480 e. The smallest absolute Gasteiger partial charge is 0.0480 e. The van der Waals surface area contributed by atoms with Crippen molar-refractivity contribution < 1.29 is 0 Å². The Hall–Kier alpha value is -1.28. The van der Waals surface area contributed by atoms with Crippen LogP contribution in [0.25, 0.3) is 10.9 Å². The van der Waals surface area contributed by atoms with Crippen LogP contribution in [0.1, 0.15) is 58.4 Å². The summed E-state index contributed by atoms with van der Waals surface area (Å²) in [5.41, 5.74) is 2.75. The summed E-state index contributed by atoms with van der Waals surface area (Å²) in [6, 6.07) is 9.64. The first kappa shape index (κ1) is 16.1.